The molecule has 0 N–H and O–H groups in total. The van der Waals surface area contributed by atoms with E-state index in [1.165, 1.54) is 8.61 Å². The highest BCUT2D eigenvalue weighted by molar-refractivity contribution is 7.89. The Labute approximate surface area is 168 Å². The van der Waals surface area contributed by atoms with E-state index < -0.39 is 20.0 Å². The van der Waals surface area contributed by atoms with E-state index >= 15 is 0 Å². The fourth-order valence-electron chi connectivity index (χ4n) is 3.73. The molecule has 0 aromatic carbocycles. The van der Waals surface area contributed by atoms with Gasteiger partial charge in [0.05, 0.1) is 11.2 Å². The maximum absolute atomic E-state index is 13.4. The van der Waals surface area contributed by atoms with Gasteiger partial charge in [-0.05, 0) is 48.1 Å². The van der Waals surface area contributed by atoms with Crippen LogP contribution in [0.5, 0.6) is 0 Å². The number of nitrogens with zero attached hydrogens (tertiary/aromatic N) is 2. The summed E-state index contributed by atoms with van der Waals surface area (Å²) in [4.78, 5) is 0.316. The van der Waals surface area contributed by atoms with E-state index in [1.54, 1.807) is 6.07 Å². The van der Waals surface area contributed by atoms with Gasteiger partial charge in [-0.15, -0.1) is 0 Å². The molecule has 0 bridgehead atoms. The molecule has 0 saturated carbocycles. The van der Waals surface area contributed by atoms with Crippen LogP contribution in [0.15, 0.2) is 29.2 Å². The zero-order valence-corrected chi connectivity index (χ0v) is 18.7. The lowest BCUT2D eigenvalue weighted by Crippen LogP contribution is -2.50. The van der Waals surface area contributed by atoms with Gasteiger partial charge in [0.15, 0.2) is 0 Å². The van der Waals surface area contributed by atoms with Gasteiger partial charge in [0.2, 0.25) is 20.0 Å². The minimum Gasteiger partial charge on any atom is -0.213 e. The standard InChI is InChI=1S/C20H28N2O4S2/c1-14(2)17-7-6-15(3)20-18(13-17)16(4)12-19(20)28(25,26)22-10-8-21(9-11-22)27(5,23)24/h6-7,12-14H,8-11H2,1-5H3. The second kappa shape index (κ2) is 7.40. The molecule has 154 valence electrons. The van der Waals surface area contributed by atoms with Crippen molar-refractivity contribution >= 4 is 20.0 Å². The molecule has 0 atom stereocenters. The zero-order chi connectivity index (χ0) is 20.9. The smallest absolute Gasteiger partial charge is 0.213 e. The highest BCUT2D eigenvalue weighted by Gasteiger charge is 2.34. The van der Waals surface area contributed by atoms with Crippen LogP contribution in [0.2, 0.25) is 0 Å². The molecular formula is C20H28N2O4S2. The van der Waals surface area contributed by atoms with E-state index in [0.717, 1.165) is 34.1 Å². The first-order chi connectivity index (χ1) is 12.9. The Balaban J connectivity index is 2.03. The van der Waals surface area contributed by atoms with E-state index in [1.807, 2.05) is 19.9 Å². The number of fused-ring (bicyclic) bond motifs is 1. The van der Waals surface area contributed by atoms with Crippen LogP contribution in [0.1, 0.15) is 36.5 Å². The van der Waals surface area contributed by atoms with Crippen molar-refractivity contribution in [2.24, 2.45) is 0 Å². The van der Waals surface area contributed by atoms with Crippen molar-refractivity contribution in [3.63, 3.8) is 0 Å². The van der Waals surface area contributed by atoms with Crippen LogP contribution in [0.4, 0.5) is 0 Å². The summed E-state index contributed by atoms with van der Waals surface area (Å²) in [5.41, 5.74) is 4.74. The molecule has 1 heterocycles. The van der Waals surface area contributed by atoms with Crippen LogP contribution in [-0.4, -0.2) is 57.9 Å². The second-order valence-corrected chi connectivity index (χ2v) is 11.8. The largest absolute Gasteiger partial charge is 0.243 e. The maximum atomic E-state index is 13.4. The normalized spacial score (nSPS) is 17.5. The van der Waals surface area contributed by atoms with E-state index in [-0.39, 0.29) is 26.2 Å². The molecule has 0 spiro atoms. The first kappa shape index (κ1) is 21.2. The van der Waals surface area contributed by atoms with Gasteiger partial charge in [-0.1, -0.05) is 32.0 Å². The fraction of sp³-hybridized carbons (Fsp3) is 0.500. The molecular weight excluding hydrogens is 396 g/mol. The highest BCUT2D eigenvalue weighted by atomic mass is 32.2. The number of hydrogen-bond donors (Lipinski definition) is 0. The molecule has 2 aliphatic carbocycles. The molecule has 1 aliphatic heterocycles. The second-order valence-electron chi connectivity index (χ2n) is 7.86. The van der Waals surface area contributed by atoms with Crippen molar-refractivity contribution in [3.8, 4) is 11.1 Å². The van der Waals surface area contributed by atoms with E-state index in [2.05, 4.69) is 26.0 Å². The van der Waals surface area contributed by atoms with Crippen LogP contribution in [0.25, 0.3) is 11.1 Å². The average Bonchev–Trinajstić information content (AvgIpc) is 2.83. The summed E-state index contributed by atoms with van der Waals surface area (Å²) in [6.45, 7) is 8.80. The number of sulfonamides is 2. The molecule has 28 heavy (non-hydrogen) atoms. The molecule has 8 heteroatoms. The van der Waals surface area contributed by atoms with E-state index in [4.69, 9.17) is 0 Å². The fourth-order valence-corrected chi connectivity index (χ4v) is 6.34. The Kier molecular flexibility index (Phi) is 5.62. The molecule has 1 saturated heterocycles. The molecule has 0 amide bonds. The Bertz CT molecular complexity index is 1070. The SMILES string of the molecule is Cc1cc(S(=O)(=O)N2CCN(S(C)(=O)=O)CC2)c2c(C)ccc(C(C)C)cc1-2. The Morgan fingerprint density at radius 2 is 1.43 bits per heavy atom. The lowest BCUT2D eigenvalue weighted by Gasteiger charge is -2.32. The third-order valence-corrected chi connectivity index (χ3v) is 8.70. The lowest BCUT2D eigenvalue weighted by atomic mass is 10.0. The average molecular weight is 425 g/mol. The summed E-state index contributed by atoms with van der Waals surface area (Å²) in [6.07, 6.45) is 1.15. The number of aryl methyl sites for hydroxylation is 2. The third-order valence-electron chi connectivity index (χ3n) is 5.47. The van der Waals surface area contributed by atoms with Crippen molar-refractivity contribution in [1.82, 2.24) is 8.61 Å². The Morgan fingerprint density at radius 3 is 1.96 bits per heavy atom. The minimum absolute atomic E-state index is 0.163. The van der Waals surface area contributed by atoms with Crippen molar-refractivity contribution in [1.29, 1.82) is 0 Å². The van der Waals surface area contributed by atoms with Crippen LogP contribution < -0.4 is 0 Å². The zero-order valence-electron chi connectivity index (χ0n) is 17.1. The molecule has 3 aliphatic rings. The first-order valence-corrected chi connectivity index (χ1v) is 12.7. The quantitative estimate of drug-likeness (QED) is 0.756. The van der Waals surface area contributed by atoms with Gasteiger partial charge in [-0.3, -0.25) is 0 Å². The predicted molar refractivity (Wildman–Crippen MR) is 112 cm³/mol. The van der Waals surface area contributed by atoms with Gasteiger partial charge in [0, 0.05) is 31.7 Å². The Morgan fingerprint density at radius 1 is 0.857 bits per heavy atom. The van der Waals surface area contributed by atoms with Crippen molar-refractivity contribution in [3.05, 3.63) is 41.0 Å². The summed E-state index contributed by atoms with van der Waals surface area (Å²) < 4.78 is 53.0. The van der Waals surface area contributed by atoms with Crippen molar-refractivity contribution < 1.29 is 16.8 Å². The summed E-state index contributed by atoms with van der Waals surface area (Å²) in [5, 5.41) is 0. The number of rotatable bonds is 4. The molecule has 0 unspecified atom stereocenters. The van der Waals surface area contributed by atoms with Gasteiger partial charge in [0.1, 0.15) is 0 Å². The Hall–Kier alpha value is -1.48. The molecule has 0 radical (unpaired) electrons. The lowest BCUT2D eigenvalue weighted by molar-refractivity contribution is 0.274. The molecule has 0 aromatic rings. The minimum atomic E-state index is -3.71. The van der Waals surface area contributed by atoms with E-state index in [0.29, 0.717) is 10.8 Å². The highest BCUT2D eigenvalue weighted by Crippen LogP contribution is 2.39. The van der Waals surface area contributed by atoms with Gasteiger partial charge in [-0.25, -0.2) is 16.8 Å². The van der Waals surface area contributed by atoms with Crippen LogP contribution in [-0.2, 0) is 20.0 Å². The summed E-state index contributed by atoms with van der Waals surface area (Å²) in [6, 6.07) is 7.88. The van der Waals surface area contributed by atoms with Gasteiger partial charge in [0.25, 0.3) is 0 Å². The van der Waals surface area contributed by atoms with Crippen LogP contribution in [0.3, 0.4) is 0 Å². The molecule has 0 aromatic heterocycles. The van der Waals surface area contributed by atoms with Gasteiger partial charge in [-0.2, -0.15) is 8.61 Å². The number of piperazine rings is 1. The monoisotopic (exact) mass is 424 g/mol. The van der Waals surface area contributed by atoms with Gasteiger partial charge >= 0.3 is 0 Å². The predicted octanol–water partition coefficient (Wildman–Crippen LogP) is 2.80. The third kappa shape index (κ3) is 3.83. The van der Waals surface area contributed by atoms with Crippen LogP contribution >= 0.6 is 0 Å². The summed E-state index contributed by atoms with van der Waals surface area (Å²) in [5.74, 6) is 0.341. The van der Waals surface area contributed by atoms with E-state index in [9.17, 15) is 16.8 Å². The molecule has 6 nitrogen and oxygen atoms in total. The van der Waals surface area contributed by atoms with Gasteiger partial charge < -0.3 is 0 Å². The number of hydrogen-bond acceptors (Lipinski definition) is 4. The summed E-state index contributed by atoms with van der Waals surface area (Å²) in [7, 11) is -7.02. The summed E-state index contributed by atoms with van der Waals surface area (Å²) >= 11 is 0. The topological polar surface area (TPSA) is 74.8 Å². The molecule has 1 fully saturated rings. The van der Waals surface area contributed by atoms with Crippen molar-refractivity contribution in [2.75, 3.05) is 32.4 Å². The van der Waals surface area contributed by atoms with Crippen molar-refractivity contribution in [2.45, 2.75) is 38.5 Å². The maximum Gasteiger partial charge on any atom is 0.243 e. The van der Waals surface area contributed by atoms with Crippen LogP contribution in [0, 0.1) is 13.8 Å². The molecule has 3 rings (SSSR count). The first-order valence-electron chi connectivity index (χ1n) is 9.42.